The lowest BCUT2D eigenvalue weighted by Gasteiger charge is -2.17. The van der Waals surface area contributed by atoms with Crippen molar-refractivity contribution in [2.24, 2.45) is 0 Å². The summed E-state index contributed by atoms with van der Waals surface area (Å²) < 4.78 is 22.8. The minimum absolute atomic E-state index is 0.134. The van der Waals surface area contributed by atoms with Crippen LogP contribution >= 0.6 is 0 Å². The number of ether oxygens (including phenoxy) is 4. The Hall–Kier alpha value is -2.96. The number of hydrogen-bond donors (Lipinski definition) is 0. The van der Waals surface area contributed by atoms with Crippen LogP contribution in [0.3, 0.4) is 0 Å². The molecule has 0 amide bonds. The molecule has 1 heterocycles. The van der Waals surface area contributed by atoms with Crippen LogP contribution in [0.15, 0.2) is 41.3 Å². The number of nitrogens with zero attached hydrogens (tertiary/aromatic N) is 1. The molecule has 140 valence electrons. The molecule has 0 spiro atoms. The van der Waals surface area contributed by atoms with Crippen LogP contribution in [0.25, 0.3) is 0 Å². The van der Waals surface area contributed by atoms with E-state index in [-0.39, 0.29) is 11.2 Å². The van der Waals surface area contributed by atoms with Crippen molar-refractivity contribution in [1.82, 2.24) is 4.57 Å². The van der Waals surface area contributed by atoms with Gasteiger partial charge in [0.2, 0.25) is 5.43 Å². The second kappa shape index (κ2) is 8.94. The van der Waals surface area contributed by atoms with E-state index in [0.717, 1.165) is 11.5 Å². The maximum atomic E-state index is 12.1. The second-order valence-corrected chi connectivity index (χ2v) is 5.60. The maximum absolute atomic E-state index is 12.1. The van der Waals surface area contributed by atoms with E-state index in [2.05, 4.69) is 4.74 Å². The molecular weight excluding hydrogens is 338 g/mol. The molecule has 0 aliphatic rings. The number of pyridine rings is 1. The highest BCUT2D eigenvalue weighted by molar-refractivity contribution is 5.74. The zero-order valence-corrected chi connectivity index (χ0v) is 15.4. The molecule has 0 fully saturated rings. The smallest absolute Gasteiger partial charge is 0.346 e. The summed E-state index contributed by atoms with van der Waals surface area (Å²) in [4.78, 5) is 23.6. The molecule has 1 atom stereocenters. The average molecular weight is 361 g/mol. The number of esters is 1. The Labute approximate surface area is 152 Å². The van der Waals surface area contributed by atoms with E-state index in [0.29, 0.717) is 18.8 Å². The topological polar surface area (TPSA) is 76.0 Å². The van der Waals surface area contributed by atoms with E-state index < -0.39 is 12.1 Å². The van der Waals surface area contributed by atoms with Gasteiger partial charge in [0, 0.05) is 12.3 Å². The molecule has 1 aromatic carbocycles. The quantitative estimate of drug-likeness (QED) is 0.671. The number of benzene rings is 1. The summed E-state index contributed by atoms with van der Waals surface area (Å²) in [6, 6.07) is 8.69. The molecule has 1 unspecified atom stereocenters. The van der Waals surface area contributed by atoms with Crippen molar-refractivity contribution in [3.8, 4) is 17.2 Å². The Bertz CT molecular complexity index is 797. The van der Waals surface area contributed by atoms with Crippen molar-refractivity contribution >= 4 is 5.97 Å². The van der Waals surface area contributed by atoms with Crippen molar-refractivity contribution in [2.75, 3.05) is 20.8 Å². The van der Waals surface area contributed by atoms with Crippen LogP contribution in [0, 0.1) is 6.92 Å². The van der Waals surface area contributed by atoms with Gasteiger partial charge in [-0.15, -0.1) is 0 Å². The van der Waals surface area contributed by atoms with Gasteiger partial charge in [-0.3, -0.25) is 4.79 Å². The van der Waals surface area contributed by atoms with E-state index in [1.165, 1.54) is 20.1 Å². The van der Waals surface area contributed by atoms with Gasteiger partial charge >= 0.3 is 5.97 Å². The normalized spacial score (nSPS) is 11.5. The van der Waals surface area contributed by atoms with E-state index >= 15 is 0 Å². The van der Waals surface area contributed by atoms with Crippen LogP contribution in [-0.4, -0.2) is 37.5 Å². The summed E-state index contributed by atoms with van der Waals surface area (Å²) >= 11 is 0. The van der Waals surface area contributed by atoms with Crippen molar-refractivity contribution in [2.45, 2.75) is 26.5 Å². The number of methoxy groups -OCH3 is 2. The maximum Gasteiger partial charge on any atom is 0.346 e. The molecule has 0 saturated heterocycles. The molecule has 26 heavy (non-hydrogen) atoms. The van der Waals surface area contributed by atoms with Crippen molar-refractivity contribution in [1.29, 1.82) is 0 Å². The van der Waals surface area contributed by atoms with Gasteiger partial charge in [-0.05, 0) is 38.1 Å². The van der Waals surface area contributed by atoms with Gasteiger partial charge < -0.3 is 23.5 Å². The molecule has 0 aliphatic carbocycles. The molecule has 1 aromatic heterocycles. The molecular formula is C19H23NO6. The third-order valence-corrected chi connectivity index (χ3v) is 3.88. The van der Waals surface area contributed by atoms with Gasteiger partial charge in [-0.2, -0.15) is 0 Å². The van der Waals surface area contributed by atoms with Crippen LogP contribution in [-0.2, 0) is 16.1 Å². The highest BCUT2D eigenvalue weighted by Crippen LogP contribution is 2.18. The zero-order chi connectivity index (χ0) is 19.1. The number of carbonyl (C=O) groups excluding carboxylic acids is 1. The Morgan fingerprint density at radius 1 is 1.12 bits per heavy atom. The number of aromatic nitrogens is 1. The average Bonchev–Trinajstić information content (AvgIpc) is 2.66. The lowest BCUT2D eigenvalue weighted by Crippen LogP contribution is -2.28. The lowest BCUT2D eigenvalue weighted by molar-refractivity contribution is -0.147. The van der Waals surface area contributed by atoms with Gasteiger partial charge in [0.1, 0.15) is 18.1 Å². The SMILES string of the molecule is COC(=O)C(C)Oc1c(C)n(CCOc2ccc(OC)cc2)ccc1=O. The first kappa shape index (κ1) is 19.4. The Morgan fingerprint density at radius 2 is 1.77 bits per heavy atom. The van der Waals surface area contributed by atoms with E-state index in [1.807, 2.05) is 28.8 Å². The van der Waals surface area contributed by atoms with E-state index in [4.69, 9.17) is 14.2 Å². The van der Waals surface area contributed by atoms with Crippen LogP contribution in [0.1, 0.15) is 12.6 Å². The monoisotopic (exact) mass is 361 g/mol. The third kappa shape index (κ3) is 4.78. The fourth-order valence-electron chi connectivity index (χ4n) is 2.36. The molecule has 2 aromatic rings. The fraction of sp³-hybridized carbons (Fsp3) is 0.368. The first-order chi connectivity index (χ1) is 12.5. The Kier molecular flexibility index (Phi) is 6.66. The van der Waals surface area contributed by atoms with Gasteiger partial charge in [0.05, 0.1) is 26.5 Å². The summed E-state index contributed by atoms with van der Waals surface area (Å²) in [6.07, 6.45) is 0.808. The van der Waals surface area contributed by atoms with E-state index in [1.54, 1.807) is 20.2 Å². The number of carbonyl (C=O) groups is 1. The standard InChI is InChI=1S/C19H23NO6/c1-13-18(26-14(2)19(22)24-4)17(21)9-10-20(13)11-12-25-16-7-5-15(23-3)6-8-16/h5-10,14H,11-12H2,1-4H3. The van der Waals surface area contributed by atoms with Gasteiger partial charge in [-0.25, -0.2) is 4.79 Å². The summed E-state index contributed by atoms with van der Waals surface area (Å²) in [5.41, 5.74) is 0.331. The number of rotatable bonds is 8. The van der Waals surface area contributed by atoms with Crippen LogP contribution < -0.4 is 19.6 Å². The molecule has 0 bridgehead atoms. The third-order valence-electron chi connectivity index (χ3n) is 3.88. The molecule has 0 aliphatic heterocycles. The molecule has 7 nitrogen and oxygen atoms in total. The minimum atomic E-state index is -0.863. The Morgan fingerprint density at radius 3 is 2.38 bits per heavy atom. The molecule has 0 radical (unpaired) electrons. The lowest BCUT2D eigenvalue weighted by atomic mass is 10.3. The zero-order valence-electron chi connectivity index (χ0n) is 15.4. The van der Waals surface area contributed by atoms with E-state index in [9.17, 15) is 9.59 Å². The van der Waals surface area contributed by atoms with Crippen molar-refractivity contribution < 1.29 is 23.7 Å². The summed E-state index contributed by atoms with van der Waals surface area (Å²) in [5, 5.41) is 0. The van der Waals surface area contributed by atoms with Gasteiger partial charge in [0.25, 0.3) is 0 Å². The first-order valence-electron chi connectivity index (χ1n) is 8.17. The molecule has 7 heteroatoms. The summed E-state index contributed by atoms with van der Waals surface area (Å²) in [5.74, 6) is 1.08. The van der Waals surface area contributed by atoms with Gasteiger partial charge in [0.15, 0.2) is 11.9 Å². The number of hydrogen-bond acceptors (Lipinski definition) is 6. The van der Waals surface area contributed by atoms with Crippen molar-refractivity contribution in [3.63, 3.8) is 0 Å². The predicted octanol–water partition coefficient (Wildman–Crippen LogP) is 2.18. The highest BCUT2D eigenvalue weighted by atomic mass is 16.6. The second-order valence-electron chi connectivity index (χ2n) is 5.60. The first-order valence-corrected chi connectivity index (χ1v) is 8.17. The van der Waals surface area contributed by atoms with Crippen molar-refractivity contribution in [3.05, 3.63) is 52.4 Å². The van der Waals surface area contributed by atoms with Crippen LogP contribution in [0.5, 0.6) is 17.2 Å². The fourth-order valence-corrected chi connectivity index (χ4v) is 2.36. The molecule has 0 saturated carbocycles. The molecule has 0 N–H and O–H groups in total. The Balaban J connectivity index is 2.04. The highest BCUT2D eigenvalue weighted by Gasteiger charge is 2.18. The van der Waals surface area contributed by atoms with Crippen LogP contribution in [0.4, 0.5) is 0 Å². The van der Waals surface area contributed by atoms with Crippen LogP contribution in [0.2, 0.25) is 0 Å². The van der Waals surface area contributed by atoms with Gasteiger partial charge in [-0.1, -0.05) is 0 Å². The predicted molar refractivity (Wildman–Crippen MR) is 96.0 cm³/mol. The molecule has 2 rings (SSSR count). The minimum Gasteiger partial charge on any atom is -0.497 e. The summed E-state index contributed by atoms with van der Waals surface area (Å²) in [7, 11) is 2.88. The largest absolute Gasteiger partial charge is 0.497 e. The summed E-state index contributed by atoms with van der Waals surface area (Å²) in [6.45, 7) is 4.21.